The van der Waals surface area contributed by atoms with Gasteiger partial charge in [0.25, 0.3) is 5.91 Å². The van der Waals surface area contributed by atoms with Gasteiger partial charge in [0.1, 0.15) is 0 Å². The number of allylic oxidation sites excluding steroid dienone is 5. The Kier molecular flexibility index (Phi) is 2.51. The maximum Gasteiger partial charge on any atom is 0.281 e. The molecular weight excluding hydrogens is 278 g/mol. The van der Waals surface area contributed by atoms with E-state index in [9.17, 15) is 14.4 Å². The van der Waals surface area contributed by atoms with E-state index in [0.29, 0.717) is 28.0 Å². The number of aliphatic imine (C=N–C) groups is 1. The zero-order chi connectivity index (χ0) is 15.4. The number of nitrogens with zero attached hydrogens (tertiary/aromatic N) is 1. The monoisotopic (exact) mass is 289 g/mol. The van der Waals surface area contributed by atoms with Gasteiger partial charge in [-0.3, -0.25) is 14.4 Å². The molecule has 0 N–H and O–H groups in total. The lowest BCUT2D eigenvalue weighted by molar-refractivity contribution is -0.119. The first kappa shape index (κ1) is 12.8. The van der Waals surface area contributed by atoms with Crippen molar-refractivity contribution in [3.05, 3.63) is 64.8 Å². The number of hydrogen-bond donors (Lipinski definition) is 0. The van der Waals surface area contributed by atoms with Crippen LogP contribution in [0.2, 0.25) is 0 Å². The van der Waals surface area contributed by atoms with Crippen LogP contribution in [-0.4, -0.2) is 23.2 Å². The van der Waals surface area contributed by atoms with E-state index in [2.05, 4.69) is 4.99 Å². The number of hydrogen-bond acceptors (Lipinski definition) is 3. The normalized spacial score (nSPS) is 22.0. The maximum absolute atomic E-state index is 12.7. The lowest BCUT2D eigenvalue weighted by atomic mass is 9.68. The van der Waals surface area contributed by atoms with Crippen LogP contribution in [0.25, 0.3) is 5.57 Å². The average Bonchev–Trinajstić information content (AvgIpc) is 2.51. The Hall–Kier alpha value is -2.88. The molecule has 1 aromatic rings. The third-order valence-corrected chi connectivity index (χ3v) is 4.23. The minimum Gasteiger partial charge on any atom is -0.294 e. The predicted molar refractivity (Wildman–Crippen MR) is 81.5 cm³/mol. The summed E-state index contributed by atoms with van der Waals surface area (Å²) < 4.78 is 0. The SMILES string of the molecule is CC(=O)C1=C2c3ccccc3C(=O)C3=CC=CC(=NC1=O)C32. The van der Waals surface area contributed by atoms with Crippen molar-refractivity contribution in [1.29, 1.82) is 0 Å². The van der Waals surface area contributed by atoms with Gasteiger partial charge >= 0.3 is 0 Å². The second-order valence-electron chi connectivity index (χ2n) is 5.48. The molecule has 1 heterocycles. The first-order valence-corrected chi connectivity index (χ1v) is 7.00. The minimum atomic E-state index is -0.524. The fourth-order valence-electron chi connectivity index (χ4n) is 3.35. The number of benzene rings is 1. The van der Waals surface area contributed by atoms with Gasteiger partial charge in [-0.05, 0) is 24.1 Å². The van der Waals surface area contributed by atoms with Gasteiger partial charge in [-0.25, -0.2) is 4.99 Å². The van der Waals surface area contributed by atoms with Crippen molar-refractivity contribution in [2.45, 2.75) is 6.92 Å². The summed E-state index contributed by atoms with van der Waals surface area (Å²) in [7, 11) is 0. The zero-order valence-electron chi connectivity index (χ0n) is 11.8. The summed E-state index contributed by atoms with van der Waals surface area (Å²) in [5.74, 6) is -1.33. The molecule has 1 amide bonds. The van der Waals surface area contributed by atoms with Gasteiger partial charge in [-0.1, -0.05) is 36.4 Å². The summed E-state index contributed by atoms with van der Waals surface area (Å²) in [6.45, 7) is 1.36. The molecule has 0 fully saturated rings. The molecule has 4 rings (SSSR count). The van der Waals surface area contributed by atoms with E-state index in [1.54, 1.807) is 42.5 Å². The Morgan fingerprint density at radius 2 is 1.86 bits per heavy atom. The molecule has 4 heteroatoms. The quantitative estimate of drug-likeness (QED) is 0.745. The Morgan fingerprint density at radius 3 is 2.59 bits per heavy atom. The molecule has 22 heavy (non-hydrogen) atoms. The second-order valence-corrected chi connectivity index (χ2v) is 5.48. The molecule has 0 aromatic heterocycles. The number of carbonyl (C=O) groups excluding carboxylic acids is 3. The Labute approximate surface area is 126 Å². The van der Waals surface area contributed by atoms with Crippen molar-refractivity contribution in [3.8, 4) is 0 Å². The summed E-state index contributed by atoms with van der Waals surface area (Å²) in [5.41, 5.74) is 3.01. The van der Waals surface area contributed by atoms with Crippen molar-refractivity contribution in [2.75, 3.05) is 0 Å². The maximum atomic E-state index is 12.7. The molecule has 4 nitrogen and oxygen atoms in total. The molecule has 106 valence electrons. The van der Waals surface area contributed by atoms with E-state index in [1.807, 2.05) is 0 Å². The molecule has 3 aliphatic rings. The number of Topliss-reactive ketones (excluding diaryl/α,β-unsaturated/α-hetero) is 2. The van der Waals surface area contributed by atoms with Gasteiger partial charge in [-0.15, -0.1) is 0 Å². The van der Waals surface area contributed by atoms with Crippen molar-refractivity contribution >= 4 is 28.8 Å². The molecule has 0 radical (unpaired) electrons. The van der Waals surface area contributed by atoms with E-state index in [4.69, 9.17) is 0 Å². The molecule has 1 atom stereocenters. The summed E-state index contributed by atoms with van der Waals surface area (Å²) >= 11 is 0. The van der Waals surface area contributed by atoms with Gasteiger partial charge in [0.15, 0.2) is 11.6 Å². The summed E-state index contributed by atoms with van der Waals surface area (Å²) in [6.07, 6.45) is 5.19. The number of carbonyl (C=O) groups is 3. The molecule has 1 aliphatic heterocycles. The predicted octanol–water partition coefficient (Wildman–Crippen LogP) is 2.32. The van der Waals surface area contributed by atoms with E-state index < -0.39 is 11.8 Å². The number of rotatable bonds is 1. The van der Waals surface area contributed by atoms with Crippen molar-refractivity contribution in [2.24, 2.45) is 10.9 Å². The van der Waals surface area contributed by atoms with Crippen LogP contribution in [0, 0.1) is 5.92 Å². The highest BCUT2D eigenvalue weighted by Crippen LogP contribution is 2.45. The Balaban J connectivity index is 2.15. The molecule has 0 saturated carbocycles. The fraction of sp³-hybridized carbons (Fsp3) is 0.111. The van der Waals surface area contributed by atoms with Crippen LogP contribution >= 0.6 is 0 Å². The zero-order valence-corrected chi connectivity index (χ0v) is 11.8. The summed E-state index contributed by atoms with van der Waals surface area (Å²) in [5, 5.41) is 0. The van der Waals surface area contributed by atoms with Crippen LogP contribution in [-0.2, 0) is 9.59 Å². The van der Waals surface area contributed by atoms with E-state index in [0.717, 1.165) is 0 Å². The van der Waals surface area contributed by atoms with Gasteiger partial charge in [0, 0.05) is 11.1 Å². The molecule has 2 aliphatic carbocycles. The minimum absolute atomic E-state index is 0.0707. The summed E-state index contributed by atoms with van der Waals surface area (Å²) in [4.78, 5) is 41.0. The Bertz CT molecular complexity index is 897. The lowest BCUT2D eigenvalue weighted by Crippen LogP contribution is -2.35. The van der Waals surface area contributed by atoms with Crippen LogP contribution in [0.4, 0.5) is 0 Å². The van der Waals surface area contributed by atoms with Crippen LogP contribution in [0.15, 0.2) is 58.6 Å². The topological polar surface area (TPSA) is 63.6 Å². The largest absolute Gasteiger partial charge is 0.294 e. The molecular formula is C18H11NO3. The highest BCUT2D eigenvalue weighted by atomic mass is 16.2. The second kappa shape index (κ2) is 4.31. The van der Waals surface area contributed by atoms with Crippen molar-refractivity contribution in [3.63, 3.8) is 0 Å². The van der Waals surface area contributed by atoms with Crippen molar-refractivity contribution < 1.29 is 14.4 Å². The molecule has 0 spiro atoms. The standard InChI is InChI=1S/C18H11NO3/c1-9(20)14-16-10-5-2-3-6-11(10)17(21)12-7-4-8-13(15(12)16)19-18(14)22/h2-8,15H,1H3. The average molecular weight is 289 g/mol. The third-order valence-electron chi connectivity index (χ3n) is 4.23. The van der Waals surface area contributed by atoms with Crippen LogP contribution in [0.5, 0.6) is 0 Å². The highest BCUT2D eigenvalue weighted by molar-refractivity contribution is 6.36. The number of amides is 1. The van der Waals surface area contributed by atoms with Gasteiger partial charge in [0.05, 0.1) is 17.2 Å². The van der Waals surface area contributed by atoms with E-state index in [-0.39, 0.29) is 17.1 Å². The van der Waals surface area contributed by atoms with Crippen LogP contribution in [0.3, 0.4) is 0 Å². The molecule has 0 saturated heterocycles. The lowest BCUT2D eigenvalue weighted by Gasteiger charge is -2.34. The fourth-order valence-corrected chi connectivity index (χ4v) is 3.35. The van der Waals surface area contributed by atoms with Gasteiger partial charge < -0.3 is 0 Å². The smallest absolute Gasteiger partial charge is 0.281 e. The molecule has 1 unspecified atom stereocenters. The third kappa shape index (κ3) is 1.52. The van der Waals surface area contributed by atoms with Crippen LogP contribution in [0.1, 0.15) is 22.8 Å². The Morgan fingerprint density at radius 1 is 1.14 bits per heavy atom. The molecule has 0 bridgehead atoms. The number of fused-ring (bicyclic) bond motifs is 2. The number of ketones is 2. The van der Waals surface area contributed by atoms with Crippen LogP contribution < -0.4 is 0 Å². The van der Waals surface area contributed by atoms with Crippen molar-refractivity contribution in [1.82, 2.24) is 0 Å². The first-order valence-electron chi connectivity index (χ1n) is 7.00. The highest BCUT2D eigenvalue weighted by Gasteiger charge is 2.43. The first-order chi connectivity index (χ1) is 10.6. The van der Waals surface area contributed by atoms with Gasteiger partial charge in [-0.2, -0.15) is 0 Å². The number of dihydropyridines is 1. The molecule has 1 aromatic carbocycles. The van der Waals surface area contributed by atoms with E-state index in [1.165, 1.54) is 6.92 Å². The van der Waals surface area contributed by atoms with Gasteiger partial charge in [0.2, 0.25) is 0 Å². The van der Waals surface area contributed by atoms with E-state index >= 15 is 0 Å². The summed E-state index contributed by atoms with van der Waals surface area (Å²) in [6, 6.07) is 7.11.